The zero-order valence-electron chi connectivity index (χ0n) is 19.6. The molecule has 3 aromatic carbocycles. The van der Waals surface area contributed by atoms with Gasteiger partial charge in [-0.3, -0.25) is 9.59 Å². The van der Waals surface area contributed by atoms with Gasteiger partial charge in [-0.1, -0.05) is 30.3 Å². The van der Waals surface area contributed by atoms with Crippen LogP contribution in [0, 0.1) is 0 Å². The van der Waals surface area contributed by atoms with Gasteiger partial charge >= 0.3 is 0 Å². The highest BCUT2D eigenvalue weighted by molar-refractivity contribution is 5.95. The van der Waals surface area contributed by atoms with E-state index in [1.54, 1.807) is 26.4 Å². The van der Waals surface area contributed by atoms with Gasteiger partial charge in [-0.2, -0.15) is 0 Å². The van der Waals surface area contributed by atoms with Crippen LogP contribution >= 0.6 is 0 Å². The molecule has 6 heteroatoms. The van der Waals surface area contributed by atoms with E-state index in [-0.39, 0.29) is 17.7 Å². The summed E-state index contributed by atoms with van der Waals surface area (Å²) < 4.78 is 10.6. The normalized spacial score (nSPS) is 15.5. The highest BCUT2D eigenvalue weighted by Crippen LogP contribution is 2.29. The molecule has 6 nitrogen and oxygen atoms in total. The number of nitrogens with one attached hydrogen (secondary N) is 1. The predicted molar refractivity (Wildman–Crippen MR) is 131 cm³/mol. The summed E-state index contributed by atoms with van der Waals surface area (Å²) in [5.41, 5.74) is 3.28. The second-order valence-corrected chi connectivity index (χ2v) is 8.44. The van der Waals surface area contributed by atoms with E-state index in [0.29, 0.717) is 24.2 Å². The standard InChI is InChI=1S/C28H30N2O4/c1-33-25-14-12-20(13-15-25)28(32)30-16-6-10-24(19-30)21-8-5-9-22(17-21)27(31)29-18-23-7-3-4-11-26(23)34-2/h3-5,7-9,11-15,17,24H,6,10,16,18-19H2,1-2H3,(H,29,31)/t24-/m0/s1. The summed E-state index contributed by atoms with van der Waals surface area (Å²) in [6.45, 7) is 1.76. The Bertz CT molecular complexity index is 1140. The van der Waals surface area contributed by atoms with Crippen molar-refractivity contribution in [3.05, 3.63) is 95.1 Å². The van der Waals surface area contributed by atoms with Gasteiger partial charge in [0.25, 0.3) is 11.8 Å². The molecule has 34 heavy (non-hydrogen) atoms. The number of piperidine rings is 1. The van der Waals surface area contributed by atoms with Gasteiger partial charge in [0, 0.05) is 42.2 Å². The lowest BCUT2D eigenvalue weighted by molar-refractivity contribution is 0.0706. The summed E-state index contributed by atoms with van der Waals surface area (Å²) in [4.78, 5) is 27.8. The number of carbonyl (C=O) groups excluding carboxylic acids is 2. The van der Waals surface area contributed by atoms with Crippen molar-refractivity contribution in [1.82, 2.24) is 10.2 Å². The van der Waals surface area contributed by atoms with E-state index < -0.39 is 0 Å². The number of hydrogen-bond donors (Lipinski definition) is 1. The zero-order valence-corrected chi connectivity index (χ0v) is 19.6. The van der Waals surface area contributed by atoms with Crippen LogP contribution in [0.1, 0.15) is 50.6 Å². The molecule has 0 bridgehead atoms. The zero-order chi connectivity index (χ0) is 23.9. The molecule has 0 aromatic heterocycles. The molecule has 3 aromatic rings. The highest BCUT2D eigenvalue weighted by Gasteiger charge is 2.26. The summed E-state index contributed by atoms with van der Waals surface area (Å²) in [7, 11) is 3.23. The molecule has 0 unspecified atom stereocenters. The molecule has 2 amide bonds. The summed E-state index contributed by atoms with van der Waals surface area (Å²) >= 11 is 0. The number of methoxy groups -OCH3 is 2. The van der Waals surface area contributed by atoms with Crippen molar-refractivity contribution in [2.24, 2.45) is 0 Å². The minimum atomic E-state index is -0.130. The monoisotopic (exact) mass is 458 g/mol. The van der Waals surface area contributed by atoms with Gasteiger partial charge in [-0.15, -0.1) is 0 Å². The minimum absolute atomic E-state index is 0.0260. The average Bonchev–Trinajstić information content (AvgIpc) is 2.91. The van der Waals surface area contributed by atoms with Crippen molar-refractivity contribution in [3.8, 4) is 11.5 Å². The number of nitrogens with zero attached hydrogens (tertiary/aromatic N) is 1. The number of hydrogen-bond acceptors (Lipinski definition) is 4. The molecule has 1 heterocycles. The number of para-hydroxylation sites is 1. The van der Waals surface area contributed by atoms with Crippen molar-refractivity contribution in [2.45, 2.75) is 25.3 Å². The quantitative estimate of drug-likeness (QED) is 0.560. The number of benzene rings is 3. The Kier molecular flexibility index (Phi) is 7.48. The number of rotatable bonds is 7. The van der Waals surface area contributed by atoms with Gasteiger partial charge in [0.15, 0.2) is 0 Å². The first-order valence-electron chi connectivity index (χ1n) is 11.5. The second-order valence-electron chi connectivity index (χ2n) is 8.44. The van der Waals surface area contributed by atoms with Gasteiger partial charge in [0.05, 0.1) is 14.2 Å². The second kappa shape index (κ2) is 10.9. The lowest BCUT2D eigenvalue weighted by atomic mass is 9.89. The van der Waals surface area contributed by atoms with Crippen LogP contribution in [0.25, 0.3) is 0 Å². The van der Waals surface area contributed by atoms with E-state index >= 15 is 0 Å². The van der Waals surface area contributed by atoms with E-state index in [1.165, 1.54) is 0 Å². The van der Waals surface area contributed by atoms with Crippen LogP contribution in [0.2, 0.25) is 0 Å². The first kappa shape index (κ1) is 23.4. The summed E-state index contributed by atoms with van der Waals surface area (Å²) in [5, 5.41) is 2.98. The summed E-state index contributed by atoms with van der Waals surface area (Å²) in [6, 6.07) is 22.6. The highest BCUT2D eigenvalue weighted by atomic mass is 16.5. The van der Waals surface area contributed by atoms with Gasteiger partial charge in [-0.05, 0) is 60.9 Å². The molecular formula is C28H30N2O4. The molecule has 4 rings (SSSR count). The molecule has 1 aliphatic rings. The van der Waals surface area contributed by atoms with Crippen LogP contribution in [0.3, 0.4) is 0 Å². The third kappa shape index (κ3) is 5.39. The largest absolute Gasteiger partial charge is 0.497 e. The molecule has 0 spiro atoms. The lowest BCUT2D eigenvalue weighted by Crippen LogP contribution is -2.39. The van der Waals surface area contributed by atoms with Crippen LogP contribution in [0.5, 0.6) is 11.5 Å². The Morgan fingerprint density at radius 2 is 1.74 bits per heavy atom. The molecule has 1 aliphatic heterocycles. The molecule has 1 saturated heterocycles. The Labute approximate surface area is 200 Å². The molecule has 1 fully saturated rings. The SMILES string of the molecule is COc1ccc(C(=O)N2CCC[C@H](c3cccc(C(=O)NCc4ccccc4OC)c3)C2)cc1. The summed E-state index contributed by atoms with van der Waals surface area (Å²) in [6.07, 6.45) is 1.91. The smallest absolute Gasteiger partial charge is 0.253 e. The fraction of sp³-hybridized carbons (Fsp3) is 0.286. The third-order valence-electron chi connectivity index (χ3n) is 6.30. The molecule has 0 aliphatic carbocycles. The van der Waals surface area contributed by atoms with Crippen molar-refractivity contribution in [3.63, 3.8) is 0 Å². The topological polar surface area (TPSA) is 67.9 Å². The fourth-order valence-corrected chi connectivity index (χ4v) is 4.41. The van der Waals surface area contributed by atoms with Crippen molar-refractivity contribution < 1.29 is 19.1 Å². The van der Waals surface area contributed by atoms with E-state index in [9.17, 15) is 9.59 Å². The van der Waals surface area contributed by atoms with Crippen LogP contribution in [-0.2, 0) is 6.54 Å². The number of likely N-dealkylation sites (tertiary alicyclic amines) is 1. The molecule has 0 saturated carbocycles. The number of ether oxygens (including phenoxy) is 2. The molecular weight excluding hydrogens is 428 g/mol. The average molecular weight is 459 g/mol. The Morgan fingerprint density at radius 1 is 0.941 bits per heavy atom. The van der Waals surface area contributed by atoms with E-state index in [4.69, 9.17) is 9.47 Å². The Hall–Kier alpha value is -3.80. The fourth-order valence-electron chi connectivity index (χ4n) is 4.41. The van der Waals surface area contributed by atoms with E-state index in [2.05, 4.69) is 5.32 Å². The van der Waals surface area contributed by atoms with E-state index in [0.717, 1.165) is 42.0 Å². The summed E-state index contributed by atoms with van der Waals surface area (Å²) in [5.74, 6) is 1.57. The van der Waals surface area contributed by atoms with E-state index in [1.807, 2.05) is 65.6 Å². The minimum Gasteiger partial charge on any atom is -0.497 e. The number of carbonyl (C=O) groups is 2. The van der Waals surface area contributed by atoms with Crippen molar-refractivity contribution in [2.75, 3.05) is 27.3 Å². The van der Waals surface area contributed by atoms with Crippen LogP contribution in [0.4, 0.5) is 0 Å². The molecule has 0 radical (unpaired) electrons. The maximum atomic E-state index is 13.0. The van der Waals surface area contributed by atoms with Crippen LogP contribution in [-0.4, -0.2) is 44.0 Å². The molecule has 176 valence electrons. The third-order valence-corrected chi connectivity index (χ3v) is 6.30. The van der Waals surface area contributed by atoms with Gasteiger partial charge in [-0.25, -0.2) is 0 Å². The lowest BCUT2D eigenvalue weighted by Gasteiger charge is -2.33. The maximum absolute atomic E-state index is 13.0. The Balaban J connectivity index is 1.42. The number of amides is 2. The van der Waals surface area contributed by atoms with Gasteiger partial charge < -0.3 is 19.7 Å². The first-order valence-corrected chi connectivity index (χ1v) is 11.5. The first-order chi connectivity index (χ1) is 16.6. The predicted octanol–water partition coefficient (Wildman–Crippen LogP) is 4.65. The Morgan fingerprint density at radius 3 is 2.50 bits per heavy atom. The van der Waals surface area contributed by atoms with Crippen molar-refractivity contribution >= 4 is 11.8 Å². The van der Waals surface area contributed by atoms with Gasteiger partial charge in [0.2, 0.25) is 0 Å². The molecule has 1 N–H and O–H groups in total. The van der Waals surface area contributed by atoms with Crippen LogP contribution < -0.4 is 14.8 Å². The van der Waals surface area contributed by atoms with Crippen LogP contribution in [0.15, 0.2) is 72.8 Å². The molecule has 1 atom stereocenters. The maximum Gasteiger partial charge on any atom is 0.253 e. The van der Waals surface area contributed by atoms with Crippen molar-refractivity contribution in [1.29, 1.82) is 0 Å². The van der Waals surface area contributed by atoms with Gasteiger partial charge in [0.1, 0.15) is 11.5 Å².